The number of sulfonamides is 1. The number of methoxy groups -OCH3 is 1. The Balaban J connectivity index is 2.02. The van der Waals surface area contributed by atoms with Crippen LogP contribution in [0.4, 0.5) is 22.0 Å². The Labute approximate surface area is 197 Å². The predicted octanol–water partition coefficient (Wildman–Crippen LogP) is 2.46. The smallest absolute Gasteiger partial charge is 0.328 e. The van der Waals surface area contributed by atoms with Crippen LogP contribution in [0, 0.1) is 0 Å². The Hall–Kier alpha value is -3.67. The first-order valence-corrected chi connectivity index (χ1v) is 12.3. The van der Waals surface area contributed by atoms with Crippen LogP contribution in [-0.2, 0) is 20.2 Å². The van der Waals surface area contributed by atoms with Gasteiger partial charge in [0.25, 0.3) is 5.91 Å². The van der Waals surface area contributed by atoms with E-state index in [9.17, 15) is 22.8 Å². The molecule has 1 fully saturated rings. The molecule has 0 unspecified atom stereocenters. The normalized spacial score (nSPS) is 14.4. The molecule has 12 heteroatoms. The molecule has 1 saturated heterocycles. The molecule has 1 aromatic carbocycles. The molecule has 0 bridgehead atoms. The second-order valence-corrected chi connectivity index (χ2v) is 10.5. The Kier molecular flexibility index (Phi) is 6.82. The van der Waals surface area contributed by atoms with Gasteiger partial charge >= 0.3 is 6.03 Å². The summed E-state index contributed by atoms with van der Waals surface area (Å²) in [4.78, 5) is 43.2. The van der Waals surface area contributed by atoms with E-state index in [2.05, 4.69) is 20.3 Å². The number of hydrogen-bond acceptors (Lipinski definition) is 7. The van der Waals surface area contributed by atoms with E-state index in [-0.39, 0.29) is 41.6 Å². The molecule has 3 rings (SSSR count). The molecule has 0 radical (unpaired) electrons. The van der Waals surface area contributed by atoms with E-state index in [1.807, 2.05) is 20.8 Å². The Morgan fingerprint density at radius 3 is 2.44 bits per heavy atom. The zero-order chi connectivity index (χ0) is 25.3. The molecular formula is C22H27N5O6S. The Morgan fingerprint density at radius 2 is 1.91 bits per heavy atom. The third-order valence-corrected chi connectivity index (χ3v) is 5.57. The molecule has 182 valence electrons. The molecule has 11 nitrogen and oxygen atoms in total. The van der Waals surface area contributed by atoms with Crippen molar-refractivity contribution in [2.24, 2.45) is 0 Å². The summed E-state index contributed by atoms with van der Waals surface area (Å²) in [5.74, 6) is -0.490. The standard InChI is InChI=1S/C22H27N5O6S/c1-22(2,3)16-11-14(27-18(28)8-9-23-21(27)30)10-15(19(16)33-4)20(29)25-17-7-6-13(12-24-17)26-34(5,31)32/h6-7,10-12,26H,8-9H2,1-5H3,(H,23,30)(H,24,25,29). The van der Waals surface area contributed by atoms with Crippen LogP contribution >= 0.6 is 0 Å². The molecule has 1 aliphatic rings. The van der Waals surface area contributed by atoms with Crippen LogP contribution in [-0.4, -0.2) is 51.2 Å². The highest BCUT2D eigenvalue weighted by molar-refractivity contribution is 7.92. The van der Waals surface area contributed by atoms with Gasteiger partial charge in [0.1, 0.15) is 11.6 Å². The number of hydrogen-bond donors (Lipinski definition) is 3. The van der Waals surface area contributed by atoms with Crippen molar-refractivity contribution in [2.75, 3.05) is 34.8 Å². The summed E-state index contributed by atoms with van der Waals surface area (Å²) in [7, 11) is -2.03. The minimum absolute atomic E-state index is 0.108. The third-order valence-electron chi connectivity index (χ3n) is 4.96. The first-order chi connectivity index (χ1) is 15.8. The number of imide groups is 1. The average molecular weight is 490 g/mol. The van der Waals surface area contributed by atoms with Crippen LogP contribution < -0.4 is 25.0 Å². The number of ether oxygens (including phenoxy) is 1. The number of rotatable bonds is 6. The van der Waals surface area contributed by atoms with Gasteiger partial charge in [0.2, 0.25) is 15.9 Å². The summed E-state index contributed by atoms with van der Waals surface area (Å²) < 4.78 is 30.6. The van der Waals surface area contributed by atoms with Crippen molar-refractivity contribution in [2.45, 2.75) is 32.6 Å². The van der Waals surface area contributed by atoms with Crippen molar-refractivity contribution in [3.05, 3.63) is 41.6 Å². The number of anilines is 3. The van der Waals surface area contributed by atoms with Crippen LogP contribution in [0.5, 0.6) is 5.75 Å². The highest BCUT2D eigenvalue weighted by Gasteiger charge is 2.32. The van der Waals surface area contributed by atoms with Gasteiger partial charge in [-0.25, -0.2) is 23.1 Å². The summed E-state index contributed by atoms with van der Waals surface area (Å²) >= 11 is 0. The van der Waals surface area contributed by atoms with Gasteiger partial charge in [0.05, 0.1) is 36.5 Å². The number of benzene rings is 1. The van der Waals surface area contributed by atoms with Gasteiger partial charge in [-0.05, 0) is 29.7 Å². The van der Waals surface area contributed by atoms with Crippen LogP contribution in [0.15, 0.2) is 30.5 Å². The summed E-state index contributed by atoms with van der Waals surface area (Å²) in [6.45, 7) is 6.01. The van der Waals surface area contributed by atoms with Crippen molar-refractivity contribution >= 4 is 45.1 Å². The minimum atomic E-state index is -3.47. The van der Waals surface area contributed by atoms with Gasteiger partial charge in [-0.3, -0.25) is 14.3 Å². The van der Waals surface area contributed by atoms with Crippen LogP contribution in [0.2, 0.25) is 0 Å². The van der Waals surface area contributed by atoms with Gasteiger partial charge < -0.3 is 15.4 Å². The second kappa shape index (κ2) is 9.29. The number of pyridine rings is 1. The van der Waals surface area contributed by atoms with E-state index in [0.29, 0.717) is 11.3 Å². The molecule has 0 atom stereocenters. The maximum atomic E-state index is 13.2. The first-order valence-electron chi connectivity index (χ1n) is 10.4. The predicted molar refractivity (Wildman–Crippen MR) is 128 cm³/mol. The number of aromatic nitrogens is 1. The van der Waals surface area contributed by atoms with Gasteiger partial charge in [-0.15, -0.1) is 0 Å². The molecule has 2 aromatic rings. The number of carbonyl (C=O) groups excluding carboxylic acids is 3. The number of urea groups is 1. The molecule has 1 aliphatic heterocycles. The molecule has 3 N–H and O–H groups in total. The fraction of sp³-hybridized carbons (Fsp3) is 0.364. The van der Waals surface area contributed by atoms with E-state index in [1.165, 1.54) is 31.5 Å². The molecule has 1 aromatic heterocycles. The molecule has 0 spiro atoms. The lowest BCUT2D eigenvalue weighted by molar-refractivity contribution is -0.118. The molecule has 4 amide bonds. The monoisotopic (exact) mass is 489 g/mol. The number of nitrogens with one attached hydrogen (secondary N) is 3. The van der Waals surface area contributed by atoms with Crippen molar-refractivity contribution in [1.29, 1.82) is 0 Å². The Bertz CT molecular complexity index is 1220. The van der Waals surface area contributed by atoms with Crippen molar-refractivity contribution < 1.29 is 27.5 Å². The largest absolute Gasteiger partial charge is 0.496 e. The van der Waals surface area contributed by atoms with E-state index >= 15 is 0 Å². The van der Waals surface area contributed by atoms with Crippen molar-refractivity contribution in [3.63, 3.8) is 0 Å². The van der Waals surface area contributed by atoms with Gasteiger partial charge in [-0.1, -0.05) is 20.8 Å². The first kappa shape index (κ1) is 25.0. The number of amides is 4. The van der Waals surface area contributed by atoms with E-state index < -0.39 is 27.4 Å². The molecule has 0 aliphatic carbocycles. The highest BCUT2D eigenvalue weighted by atomic mass is 32.2. The topological polar surface area (TPSA) is 147 Å². The van der Waals surface area contributed by atoms with E-state index in [1.54, 1.807) is 6.07 Å². The third kappa shape index (κ3) is 5.63. The van der Waals surface area contributed by atoms with Crippen LogP contribution in [0.25, 0.3) is 0 Å². The zero-order valence-electron chi connectivity index (χ0n) is 19.6. The molecule has 2 heterocycles. The molecular weight excluding hydrogens is 462 g/mol. The number of nitrogens with zero attached hydrogens (tertiary/aromatic N) is 2. The van der Waals surface area contributed by atoms with E-state index in [0.717, 1.165) is 11.2 Å². The van der Waals surface area contributed by atoms with Crippen molar-refractivity contribution in [3.8, 4) is 5.75 Å². The fourth-order valence-corrected chi connectivity index (χ4v) is 4.00. The fourth-order valence-electron chi connectivity index (χ4n) is 3.46. The van der Waals surface area contributed by atoms with Gasteiger partial charge in [0, 0.05) is 18.5 Å². The van der Waals surface area contributed by atoms with E-state index in [4.69, 9.17) is 4.74 Å². The minimum Gasteiger partial charge on any atom is -0.496 e. The van der Waals surface area contributed by atoms with Gasteiger partial charge in [-0.2, -0.15) is 0 Å². The SMILES string of the molecule is COc1c(C(=O)Nc2ccc(NS(C)(=O)=O)cn2)cc(N2C(=O)CCNC2=O)cc1C(C)(C)C. The van der Waals surface area contributed by atoms with Crippen molar-refractivity contribution in [1.82, 2.24) is 10.3 Å². The number of carbonyl (C=O) groups is 3. The molecule has 34 heavy (non-hydrogen) atoms. The van der Waals surface area contributed by atoms with Crippen LogP contribution in [0.3, 0.4) is 0 Å². The zero-order valence-corrected chi connectivity index (χ0v) is 20.4. The summed E-state index contributed by atoms with van der Waals surface area (Å²) in [5, 5.41) is 5.28. The Morgan fingerprint density at radius 1 is 1.21 bits per heavy atom. The lowest BCUT2D eigenvalue weighted by Gasteiger charge is -2.29. The maximum Gasteiger partial charge on any atom is 0.328 e. The summed E-state index contributed by atoms with van der Waals surface area (Å²) in [5.41, 5.74) is 0.743. The summed E-state index contributed by atoms with van der Waals surface area (Å²) in [6, 6.07) is 5.42. The average Bonchev–Trinajstić information content (AvgIpc) is 2.72. The maximum absolute atomic E-state index is 13.2. The highest BCUT2D eigenvalue weighted by Crippen LogP contribution is 2.38. The second-order valence-electron chi connectivity index (χ2n) is 8.80. The van der Waals surface area contributed by atoms with Gasteiger partial charge in [0.15, 0.2) is 0 Å². The lowest BCUT2D eigenvalue weighted by atomic mass is 9.84. The van der Waals surface area contributed by atoms with Crippen LogP contribution in [0.1, 0.15) is 43.1 Å². The lowest BCUT2D eigenvalue weighted by Crippen LogP contribution is -2.50. The summed E-state index contributed by atoms with van der Waals surface area (Å²) in [6.07, 6.45) is 2.42. The molecule has 0 saturated carbocycles. The quantitative estimate of drug-likeness (QED) is 0.565.